The molecule has 0 atom stereocenters. The van der Waals surface area contributed by atoms with Gasteiger partial charge < -0.3 is 9.47 Å². The Balaban J connectivity index is 1.88. The van der Waals surface area contributed by atoms with Gasteiger partial charge in [0.15, 0.2) is 5.43 Å². The van der Waals surface area contributed by atoms with E-state index in [1.54, 1.807) is 11.3 Å². The fourth-order valence-electron chi connectivity index (χ4n) is 3.15. The molecular weight excluding hydrogens is 342 g/mol. The normalized spacial score (nSPS) is 13.8. The van der Waals surface area contributed by atoms with E-state index in [9.17, 15) is 4.79 Å². The third kappa shape index (κ3) is 3.16. The van der Waals surface area contributed by atoms with Crippen molar-refractivity contribution in [2.75, 3.05) is 20.6 Å². The molecule has 1 aromatic carbocycles. The maximum atomic E-state index is 13.1. The number of hydrogen-bond donors (Lipinski definition) is 0. The van der Waals surface area contributed by atoms with Crippen molar-refractivity contribution in [3.8, 4) is 10.6 Å². The SMILES string of the molecule is CN(C)C/C=C\n1cc(-c2nc3c(s2)C=CCC3)c(=O)c2ccccc21. The van der Waals surface area contributed by atoms with Crippen LogP contribution in [0.3, 0.4) is 0 Å². The van der Waals surface area contributed by atoms with E-state index in [1.807, 2.05) is 55.3 Å². The van der Waals surface area contributed by atoms with E-state index in [1.165, 1.54) is 4.88 Å². The van der Waals surface area contributed by atoms with Gasteiger partial charge in [-0.3, -0.25) is 4.79 Å². The summed E-state index contributed by atoms with van der Waals surface area (Å²) >= 11 is 1.61. The van der Waals surface area contributed by atoms with Crippen LogP contribution in [0.4, 0.5) is 0 Å². The molecule has 0 saturated carbocycles. The van der Waals surface area contributed by atoms with Gasteiger partial charge in [0.2, 0.25) is 0 Å². The standard InChI is InChI=1S/C21H21N3OS/c1-23(2)12-7-13-24-14-16(20(25)15-8-3-5-10-18(15)24)21-22-17-9-4-6-11-19(17)26-21/h3,5-8,10-11,13-14H,4,9,12H2,1-2H3/b13-7-. The number of fused-ring (bicyclic) bond motifs is 2. The number of aromatic nitrogens is 2. The first-order chi connectivity index (χ1) is 12.6. The number of nitrogens with zero attached hydrogens (tertiary/aromatic N) is 3. The second kappa shape index (κ2) is 7.02. The molecule has 0 saturated heterocycles. The topological polar surface area (TPSA) is 38.1 Å². The number of rotatable bonds is 4. The Hall–Kier alpha value is -2.50. The van der Waals surface area contributed by atoms with E-state index in [0.717, 1.165) is 41.0 Å². The van der Waals surface area contributed by atoms with E-state index >= 15 is 0 Å². The van der Waals surface area contributed by atoms with Crippen LogP contribution in [0.25, 0.3) is 33.7 Å². The minimum Gasteiger partial charge on any atom is -0.323 e. The van der Waals surface area contributed by atoms with E-state index in [2.05, 4.69) is 23.1 Å². The molecule has 0 N–H and O–H groups in total. The number of allylic oxidation sites excluding steroid dienone is 1. The van der Waals surface area contributed by atoms with Crippen LogP contribution in [0.5, 0.6) is 0 Å². The van der Waals surface area contributed by atoms with Crippen molar-refractivity contribution in [3.05, 3.63) is 63.4 Å². The predicted octanol–water partition coefficient (Wildman–Crippen LogP) is 4.12. The summed E-state index contributed by atoms with van der Waals surface area (Å²) in [5.41, 5.74) is 2.74. The van der Waals surface area contributed by atoms with Gasteiger partial charge in [-0.15, -0.1) is 11.3 Å². The molecule has 2 aromatic heterocycles. The van der Waals surface area contributed by atoms with Crippen LogP contribution in [0.2, 0.25) is 0 Å². The molecule has 26 heavy (non-hydrogen) atoms. The number of thiazole rings is 1. The Labute approximate surface area is 156 Å². The number of benzene rings is 1. The summed E-state index contributed by atoms with van der Waals surface area (Å²) in [6, 6.07) is 7.75. The van der Waals surface area contributed by atoms with Gasteiger partial charge in [-0.2, -0.15) is 0 Å². The van der Waals surface area contributed by atoms with E-state index in [4.69, 9.17) is 4.98 Å². The van der Waals surface area contributed by atoms with Crippen molar-refractivity contribution in [3.63, 3.8) is 0 Å². The Kier molecular flexibility index (Phi) is 4.57. The van der Waals surface area contributed by atoms with Gasteiger partial charge >= 0.3 is 0 Å². The van der Waals surface area contributed by atoms with Crippen molar-refractivity contribution in [1.82, 2.24) is 14.5 Å². The molecule has 0 radical (unpaired) electrons. The summed E-state index contributed by atoms with van der Waals surface area (Å²) in [6.45, 7) is 0.839. The quantitative estimate of drug-likeness (QED) is 0.700. The minimum absolute atomic E-state index is 0.0490. The molecule has 1 aliphatic rings. The molecule has 0 bridgehead atoms. The summed E-state index contributed by atoms with van der Waals surface area (Å²) in [6.07, 6.45) is 12.3. The van der Waals surface area contributed by atoms with Crippen molar-refractivity contribution >= 4 is 34.5 Å². The second-order valence-corrected chi connectivity index (χ2v) is 7.74. The summed E-state index contributed by atoms with van der Waals surface area (Å²) in [5, 5.41) is 1.54. The third-order valence-corrected chi connectivity index (χ3v) is 5.55. The third-order valence-electron chi connectivity index (χ3n) is 4.45. The van der Waals surface area contributed by atoms with Crippen LogP contribution in [-0.2, 0) is 6.42 Å². The fraction of sp³-hybridized carbons (Fsp3) is 0.238. The van der Waals surface area contributed by atoms with Crippen LogP contribution in [0, 0.1) is 0 Å². The van der Waals surface area contributed by atoms with Crippen LogP contribution in [0.1, 0.15) is 17.0 Å². The highest BCUT2D eigenvalue weighted by molar-refractivity contribution is 7.16. The molecule has 5 heteroatoms. The second-order valence-electron chi connectivity index (χ2n) is 6.71. The molecule has 4 nitrogen and oxygen atoms in total. The lowest BCUT2D eigenvalue weighted by Crippen LogP contribution is -2.12. The van der Waals surface area contributed by atoms with Crippen molar-refractivity contribution < 1.29 is 0 Å². The lowest BCUT2D eigenvalue weighted by atomic mass is 10.1. The van der Waals surface area contributed by atoms with Crippen molar-refractivity contribution in [2.24, 2.45) is 0 Å². The Morgan fingerprint density at radius 3 is 2.96 bits per heavy atom. The molecule has 4 rings (SSSR count). The minimum atomic E-state index is 0.0490. The predicted molar refractivity (Wildman–Crippen MR) is 111 cm³/mol. The molecule has 0 amide bonds. The van der Waals surface area contributed by atoms with E-state index in [0.29, 0.717) is 5.56 Å². The fourth-order valence-corrected chi connectivity index (χ4v) is 4.20. The van der Waals surface area contributed by atoms with Gasteiger partial charge in [0.1, 0.15) is 5.01 Å². The van der Waals surface area contributed by atoms with Gasteiger partial charge in [0.05, 0.1) is 21.7 Å². The number of para-hydroxylation sites is 1. The first kappa shape index (κ1) is 16.9. The first-order valence-corrected chi connectivity index (χ1v) is 9.57. The zero-order valence-corrected chi connectivity index (χ0v) is 15.8. The maximum Gasteiger partial charge on any atom is 0.199 e. The Morgan fingerprint density at radius 2 is 2.15 bits per heavy atom. The van der Waals surface area contributed by atoms with Gasteiger partial charge in [0, 0.05) is 24.3 Å². The first-order valence-electron chi connectivity index (χ1n) is 8.75. The van der Waals surface area contributed by atoms with Crippen LogP contribution in [-0.4, -0.2) is 35.1 Å². The average molecular weight is 363 g/mol. The molecule has 132 valence electrons. The molecular formula is C21H21N3OS. The average Bonchev–Trinajstić information content (AvgIpc) is 3.07. The summed E-state index contributed by atoms with van der Waals surface area (Å²) in [7, 11) is 4.07. The molecule has 0 fully saturated rings. The lowest BCUT2D eigenvalue weighted by molar-refractivity contribution is 0.457. The van der Waals surface area contributed by atoms with E-state index < -0.39 is 0 Å². The maximum absolute atomic E-state index is 13.1. The highest BCUT2D eigenvalue weighted by Crippen LogP contribution is 2.31. The van der Waals surface area contributed by atoms with Gasteiger partial charge in [-0.1, -0.05) is 24.3 Å². The Morgan fingerprint density at radius 1 is 1.31 bits per heavy atom. The molecule has 3 aromatic rings. The summed E-state index contributed by atoms with van der Waals surface area (Å²) in [5.74, 6) is 0. The lowest BCUT2D eigenvalue weighted by Gasteiger charge is -2.10. The highest BCUT2D eigenvalue weighted by atomic mass is 32.1. The van der Waals surface area contributed by atoms with Crippen LogP contribution >= 0.6 is 11.3 Å². The van der Waals surface area contributed by atoms with Crippen LogP contribution in [0.15, 0.2) is 47.4 Å². The monoisotopic (exact) mass is 363 g/mol. The van der Waals surface area contributed by atoms with Crippen LogP contribution < -0.4 is 5.43 Å². The van der Waals surface area contributed by atoms with Crippen molar-refractivity contribution in [2.45, 2.75) is 12.8 Å². The smallest absolute Gasteiger partial charge is 0.199 e. The summed E-state index contributed by atoms with van der Waals surface area (Å²) in [4.78, 5) is 21.1. The zero-order valence-electron chi connectivity index (χ0n) is 15.0. The van der Waals surface area contributed by atoms with Gasteiger partial charge in [0.25, 0.3) is 0 Å². The molecule has 1 aliphatic carbocycles. The zero-order chi connectivity index (χ0) is 18.1. The molecule has 0 spiro atoms. The molecule has 0 unspecified atom stereocenters. The van der Waals surface area contributed by atoms with Crippen molar-refractivity contribution in [1.29, 1.82) is 0 Å². The highest BCUT2D eigenvalue weighted by Gasteiger charge is 2.17. The van der Waals surface area contributed by atoms with Gasteiger partial charge in [-0.05, 0) is 45.1 Å². The summed E-state index contributed by atoms with van der Waals surface area (Å²) < 4.78 is 2.03. The Bertz CT molecular complexity index is 1070. The number of pyridine rings is 1. The number of hydrogen-bond acceptors (Lipinski definition) is 4. The number of aryl methyl sites for hydroxylation is 1. The largest absolute Gasteiger partial charge is 0.323 e. The number of likely N-dealkylation sites (N-methyl/N-ethyl adjacent to an activating group) is 1. The van der Waals surface area contributed by atoms with Gasteiger partial charge in [-0.25, -0.2) is 4.98 Å². The van der Waals surface area contributed by atoms with E-state index in [-0.39, 0.29) is 5.43 Å². The molecule has 0 aliphatic heterocycles. The molecule has 2 heterocycles.